The minimum atomic E-state index is -1.16. The van der Waals surface area contributed by atoms with Crippen LogP contribution in [0.15, 0.2) is 54.9 Å². The van der Waals surface area contributed by atoms with E-state index >= 15 is 0 Å². The van der Waals surface area contributed by atoms with Crippen LogP contribution in [0.25, 0.3) is 22.6 Å². The summed E-state index contributed by atoms with van der Waals surface area (Å²) in [7, 11) is 0. The van der Waals surface area contributed by atoms with E-state index in [0.29, 0.717) is 35.7 Å². The van der Waals surface area contributed by atoms with Crippen molar-refractivity contribution >= 4 is 11.7 Å². The molecule has 0 aliphatic heterocycles. The number of aryl methyl sites for hydroxylation is 1. The molecule has 3 aromatic heterocycles. The minimum absolute atomic E-state index is 0.150. The number of nitrogens with zero attached hydrogens (tertiary/aromatic N) is 5. The molecule has 0 saturated heterocycles. The molecule has 0 spiro atoms. The van der Waals surface area contributed by atoms with E-state index < -0.39 is 29.1 Å². The lowest BCUT2D eigenvalue weighted by Crippen LogP contribution is -2.30. The monoisotopic (exact) mass is 560 g/mol. The van der Waals surface area contributed by atoms with E-state index in [-0.39, 0.29) is 17.2 Å². The minimum Gasteiger partial charge on any atom is -0.384 e. The zero-order chi connectivity index (χ0) is 29.7. The summed E-state index contributed by atoms with van der Waals surface area (Å²) in [5.74, 6) is -0.938. The summed E-state index contributed by atoms with van der Waals surface area (Å²) in [5, 5.41) is 20.9. The van der Waals surface area contributed by atoms with Gasteiger partial charge in [-0.1, -0.05) is 33.3 Å². The number of nitrogens with one attached hydrogen (secondary N) is 1. The van der Waals surface area contributed by atoms with Gasteiger partial charge in [0.05, 0.1) is 28.1 Å². The van der Waals surface area contributed by atoms with E-state index in [9.17, 15) is 18.7 Å². The highest BCUT2D eigenvalue weighted by molar-refractivity contribution is 5.92. The number of aliphatic hydroxyl groups excluding tert-OH is 1. The average Bonchev–Trinajstić information content (AvgIpc) is 2.93. The second-order valence-corrected chi connectivity index (χ2v) is 10.7. The van der Waals surface area contributed by atoms with Crippen LogP contribution >= 0.6 is 0 Å². The summed E-state index contributed by atoms with van der Waals surface area (Å²) in [6, 6.07) is 10.7. The number of hydrogen-bond acceptors (Lipinski definition) is 7. The van der Waals surface area contributed by atoms with Crippen LogP contribution in [-0.2, 0) is 16.6 Å². The molecule has 0 bridgehead atoms. The molecule has 4 rings (SSSR count). The van der Waals surface area contributed by atoms with Crippen molar-refractivity contribution in [1.82, 2.24) is 25.1 Å². The molecule has 1 amide bonds. The number of amides is 1. The van der Waals surface area contributed by atoms with E-state index in [1.807, 2.05) is 13.0 Å². The highest BCUT2D eigenvalue weighted by atomic mass is 19.1. The lowest BCUT2D eigenvalue weighted by atomic mass is 9.74. The molecule has 2 atom stereocenters. The zero-order valence-corrected chi connectivity index (χ0v) is 23.8. The highest BCUT2D eigenvalue weighted by Gasteiger charge is 2.36. The smallest absolute Gasteiger partial charge is 0.254 e. The summed E-state index contributed by atoms with van der Waals surface area (Å²) < 4.78 is 29.2. The molecule has 3 heterocycles. The number of halogens is 2. The maximum Gasteiger partial charge on any atom is 0.254 e. The van der Waals surface area contributed by atoms with E-state index in [2.05, 4.69) is 46.3 Å². The lowest BCUT2D eigenvalue weighted by Gasteiger charge is -2.32. The van der Waals surface area contributed by atoms with Gasteiger partial charge in [0.25, 0.3) is 5.91 Å². The summed E-state index contributed by atoms with van der Waals surface area (Å²) in [6.07, 6.45) is 4.20. The van der Waals surface area contributed by atoms with Gasteiger partial charge in [-0.15, -0.1) is 5.10 Å². The van der Waals surface area contributed by atoms with Crippen LogP contribution in [-0.4, -0.2) is 42.3 Å². The Bertz CT molecular complexity index is 1510. The summed E-state index contributed by atoms with van der Waals surface area (Å²) in [4.78, 5) is 25.4. The number of rotatable bonds is 10. The van der Waals surface area contributed by atoms with E-state index in [4.69, 9.17) is 4.98 Å². The number of carbonyl (C=O) groups is 1. The molecule has 1 aromatic carbocycles. The van der Waals surface area contributed by atoms with E-state index in [1.54, 1.807) is 30.6 Å². The van der Waals surface area contributed by atoms with Gasteiger partial charge in [0.1, 0.15) is 23.6 Å². The van der Waals surface area contributed by atoms with Gasteiger partial charge in [-0.2, -0.15) is 5.10 Å². The maximum absolute atomic E-state index is 14.6. The molecule has 0 aliphatic carbocycles. The Balaban J connectivity index is 1.78. The Labute approximate surface area is 238 Å². The van der Waals surface area contributed by atoms with Gasteiger partial charge in [-0.3, -0.25) is 4.79 Å². The third kappa shape index (κ3) is 6.59. The summed E-state index contributed by atoms with van der Waals surface area (Å²) in [5.41, 5.74) is 2.18. The van der Waals surface area contributed by atoms with Crippen LogP contribution in [0.1, 0.15) is 64.4 Å². The fraction of sp³-hybridized carbons (Fsp3) is 0.355. The van der Waals surface area contributed by atoms with Crippen LogP contribution in [0.2, 0.25) is 0 Å². The van der Waals surface area contributed by atoms with Crippen molar-refractivity contribution in [3.05, 3.63) is 83.4 Å². The van der Waals surface area contributed by atoms with Gasteiger partial charge in [-0.25, -0.2) is 23.7 Å². The van der Waals surface area contributed by atoms with Crippen LogP contribution in [0.3, 0.4) is 0 Å². The summed E-state index contributed by atoms with van der Waals surface area (Å²) in [6.45, 7) is 9.69. The first-order valence-corrected chi connectivity index (χ1v) is 13.6. The Kier molecular flexibility index (Phi) is 9.12. The standard InChI is InChI=1S/C31H34F2N6O2/c1-6-8-20-15-24(27-22(32)9-7-10-23(27)33)38-39-28(20)31(5,16-18(2)3)25-13-14-34-29(36-25)21-11-12-26(35-17-21)37-30(41)19(4)40/h7,9-15,17-19,40H,6,8,16H2,1-5H3,(H,35,37,41)/t19-,31+/m1/s1. The second-order valence-electron chi connectivity index (χ2n) is 10.7. The molecular weight excluding hydrogens is 526 g/mol. The van der Waals surface area contributed by atoms with Crippen molar-refractivity contribution in [3.8, 4) is 22.6 Å². The van der Waals surface area contributed by atoms with Crippen molar-refractivity contribution < 1.29 is 18.7 Å². The van der Waals surface area contributed by atoms with Gasteiger partial charge in [0, 0.05) is 18.0 Å². The molecule has 4 aromatic rings. The van der Waals surface area contributed by atoms with Crippen molar-refractivity contribution in [3.63, 3.8) is 0 Å². The number of carbonyl (C=O) groups excluding carboxylic acids is 1. The van der Waals surface area contributed by atoms with E-state index in [1.165, 1.54) is 25.1 Å². The molecule has 41 heavy (non-hydrogen) atoms. The SMILES string of the molecule is CCCc1cc(-c2c(F)cccc2F)nnc1[C@@](C)(CC(C)C)c1ccnc(-c2ccc(NC(=O)[C@@H](C)O)nc2)n1. The highest BCUT2D eigenvalue weighted by Crippen LogP contribution is 2.39. The first-order chi connectivity index (χ1) is 19.5. The number of aromatic nitrogens is 5. The van der Waals surface area contributed by atoms with Crippen LogP contribution < -0.4 is 5.32 Å². The van der Waals surface area contributed by atoms with Gasteiger partial charge in [0.15, 0.2) is 5.82 Å². The van der Waals surface area contributed by atoms with Crippen LogP contribution in [0.5, 0.6) is 0 Å². The predicted molar refractivity (Wildman–Crippen MR) is 153 cm³/mol. The summed E-state index contributed by atoms with van der Waals surface area (Å²) >= 11 is 0. The molecule has 10 heteroatoms. The molecule has 0 saturated carbocycles. The van der Waals surface area contributed by atoms with Crippen molar-refractivity contribution in [1.29, 1.82) is 0 Å². The molecule has 214 valence electrons. The van der Waals surface area contributed by atoms with Crippen LogP contribution in [0, 0.1) is 17.6 Å². The Morgan fingerprint density at radius 3 is 2.39 bits per heavy atom. The van der Waals surface area contributed by atoms with Crippen molar-refractivity contribution in [2.75, 3.05) is 5.32 Å². The molecular formula is C31H34F2N6O2. The van der Waals surface area contributed by atoms with Crippen molar-refractivity contribution in [2.24, 2.45) is 5.92 Å². The number of anilines is 1. The molecule has 8 nitrogen and oxygen atoms in total. The Morgan fingerprint density at radius 1 is 1.05 bits per heavy atom. The fourth-order valence-electron chi connectivity index (χ4n) is 4.99. The van der Waals surface area contributed by atoms with Gasteiger partial charge >= 0.3 is 0 Å². The third-order valence-electron chi connectivity index (χ3n) is 6.82. The molecule has 2 N–H and O–H groups in total. The first kappa shape index (κ1) is 29.8. The molecule has 0 aliphatic rings. The van der Waals surface area contributed by atoms with Gasteiger partial charge in [0.2, 0.25) is 0 Å². The number of benzene rings is 1. The van der Waals surface area contributed by atoms with Crippen molar-refractivity contribution in [2.45, 2.75) is 65.4 Å². The predicted octanol–water partition coefficient (Wildman–Crippen LogP) is 5.90. The fourth-order valence-corrected chi connectivity index (χ4v) is 4.99. The Morgan fingerprint density at radius 2 is 1.78 bits per heavy atom. The number of pyridine rings is 1. The maximum atomic E-state index is 14.6. The average molecular weight is 561 g/mol. The van der Waals surface area contributed by atoms with Crippen LogP contribution in [0.4, 0.5) is 14.6 Å². The third-order valence-corrected chi connectivity index (χ3v) is 6.82. The normalized spacial score (nSPS) is 13.6. The molecule has 0 unspecified atom stereocenters. The largest absolute Gasteiger partial charge is 0.384 e. The lowest BCUT2D eigenvalue weighted by molar-refractivity contribution is -0.123. The zero-order valence-electron chi connectivity index (χ0n) is 23.8. The van der Waals surface area contributed by atoms with Gasteiger partial charge < -0.3 is 10.4 Å². The second kappa shape index (κ2) is 12.6. The number of hydrogen-bond donors (Lipinski definition) is 2. The quantitative estimate of drug-likeness (QED) is 0.248. The Hall–Kier alpha value is -4.18. The van der Waals surface area contributed by atoms with E-state index in [0.717, 1.165) is 17.7 Å². The molecule has 0 radical (unpaired) electrons. The topological polar surface area (TPSA) is 114 Å². The molecule has 0 fully saturated rings. The number of aliphatic hydroxyl groups is 1. The van der Waals surface area contributed by atoms with Gasteiger partial charge in [-0.05, 0) is 74.6 Å². The first-order valence-electron chi connectivity index (χ1n) is 13.6.